The van der Waals surface area contributed by atoms with E-state index in [1.807, 2.05) is 31.2 Å². The second-order valence-corrected chi connectivity index (χ2v) is 7.02. The van der Waals surface area contributed by atoms with Crippen LogP contribution in [0.1, 0.15) is 11.3 Å². The van der Waals surface area contributed by atoms with Crippen LogP contribution in [0.15, 0.2) is 53.3 Å². The first kappa shape index (κ1) is 16.8. The van der Waals surface area contributed by atoms with E-state index in [1.165, 1.54) is 11.3 Å². The molecule has 1 aliphatic heterocycles. The van der Waals surface area contributed by atoms with Crippen molar-refractivity contribution in [2.75, 3.05) is 31.1 Å². The fraction of sp³-hybridized carbons (Fsp3) is 0.333. The maximum Gasteiger partial charge on any atom is 0.275 e. The molecule has 0 aliphatic carbocycles. The van der Waals surface area contributed by atoms with Gasteiger partial charge in [-0.2, -0.15) is 5.10 Å². The predicted molar refractivity (Wildman–Crippen MR) is 106 cm³/mol. The summed E-state index contributed by atoms with van der Waals surface area (Å²) in [5, 5.41) is 6.22. The first-order valence-electron chi connectivity index (χ1n) is 9.12. The van der Waals surface area contributed by atoms with Crippen LogP contribution in [0.5, 0.6) is 0 Å². The van der Waals surface area contributed by atoms with Crippen molar-refractivity contribution in [1.82, 2.24) is 14.7 Å². The summed E-state index contributed by atoms with van der Waals surface area (Å²) in [5.41, 5.74) is 3.46. The highest BCUT2D eigenvalue weighted by Gasteiger charge is 2.18. The number of nitrogens with zero attached hydrogens (tertiary/aromatic N) is 4. The van der Waals surface area contributed by atoms with Crippen LogP contribution in [0, 0.1) is 13.8 Å². The summed E-state index contributed by atoms with van der Waals surface area (Å²) in [6, 6.07) is 16.3. The third-order valence-electron chi connectivity index (χ3n) is 5.13. The molecule has 0 bridgehead atoms. The number of aromatic nitrogens is 2. The Morgan fingerprint density at radius 1 is 0.923 bits per heavy atom. The first-order chi connectivity index (χ1) is 12.6. The summed E-state index contributed by atoms with van der Waals surface area (Å²) in [6.07, 6.45) is 0. The van der Waals surface area contributed by atoms with Crippen molar-refractivity contribution in [3.8, 4) is 0 Å². The number of piperazine rings is 1. The van der Waals surface area contributed by atoms with E-state index < -0.39 is 0 Å². The molecule has 0 unspecified atom stereocenters. The minimum Gasteiger partial charge on any atom is -0.369 e. The van der Waals surface area contributed by atoms with E-state index in [9.17, 15) is 4.79 Å². The van der Waals surface area contributed by atoms with Gasteiger partial charge in [-0.15, -0.1) is 0 Å². The monoisotopic (exact) mass is 348 g/mol. The van der Waals surface area contributed by atoms with E-state index in [0.29, 0.717) is 6.67 Å². The maximum absolute atomic E-state index is 12.7. The van der Waals surface area contributed by atoms with E-state index in [1.54, 1.807) is 4.68 Å². The van der Waals surface area contributed by atoms with Gasteiger partial charge in [0, 0.05) is 37.3 Å². The van der Waals surface area contributed by atoms with Crippen LogP contribution in [0.2, 0.25) is 0 Å². The molecule has 1 aliphatic rings. The van der Waals surface area contributed by atoms with Gasteiger partial charge in [0.25, 0.3) is 5.56 Å². The lowest BCUT2D eigenvalue weighted by Gasteiger charge is -2.36. The molecule has 0 saturated carbocycles. The molecule has 1 fully saturated rings. The van der Waals surface area contributed by atoms with Crippen LogP contribution in [0.25, 0.3) is 10.8 Å². The van der Waals surface area contributed by atoms with Gasteiger partial charge in [-0.05, 0) is 37.6 Å². The molecule has 1 aromatic heterocycles. The van der Waals surface area contributed by atoms with Crippen molar-refractivity contribution in [3.63, 3.8) is 0 Å². The van der Waals surface area contributed by atoms with Crippen molar-refractivity contribution in [2.24, 2.45) is 0 Å². The molecule has 0 radical (unpaired) electrons. The third-order valence-corrected chi connectivity index (χ3v) is 5.13. The Morgan fingerprint density at radius 3 is 2.38 bits per heavy atom. The van der Waals surface area contributed by atoms with Gasteiger partial charge in [0.1, 0.15) is 0 Å². The molecule has 1 saturated heterocycles. The zero-order valence-electron chi connectivity index (χ0n) is 15.4. The summed E-state index contributed by atoms with van der Waals surface area (Å²) >= 11 is 0. The van der Waals surface area contributed by atoms with E-state index >= 15 is 0 Å². The average Bonchev–Trinajstić information content (AvgIpc) is 2.66. The molecule has 0 atom stereocenters. The Hall–Kier alpha value is -2.66. The van der Waals surface area contributed by atoms with Crippen LogP contribution < -0.4 is 10.5 Å². The molecule has 26 heavy (non-hydrogen) atoms. The Labute approximate surface area is 153 Å². The molecular formula is C21H24N4O. The van der Waals surface area contributed by atoms with Crippen LogP contribution in [-0.4, -0.2) is 40.9 Å². The molecule has 2 heterocycles. The Balaban J connectivity index is 1.49. The molecule has 0 spiro atoms. The summed E-state index contributed by atoms with van der Waals surface area (Å²) in [4.78, 5) is 17.4. The average molecular weight is 348 g/mol. The van der Waals surface area contributed by atoms with Gasteiger partial charge in [-0.3, -0.25) is 9.69 Å². The Morgan fingerprint density at radius 2 is 1.65 bits per heavy atom. The van der Waals surface area contributed by atoms with Gasteiger partial charge in [-0.25, -0.2) is 4.68 Å². The van der Waals surface area contributed by atoms with E-state index in [-0.39, 0.29) is 5.56 Å². The van der Waals surface area contributed by atoms with Gasteiger partial charge >= 0.3 is 0 Å². The van der Waals surface area contributed by atoms with Gasteiger partial charge in [0.2, 0.25) is 0 Å². The van der Waals surface area contributed by atoms with Crippen LogP contribution >= 0.6 is 0 Å². The standard InChI is InChI=1S/C21H24N4O/c1-16-6-5-7-18(14-16)24-12-10-23(11-13-24)15-25-21(26)20-9-4-3-8-19(20)17(2)22-25/h3-9,14H,10-13,15H2,1-2H3. The fourth-order valence-corrected chi connectivity index (χ4v) is 3.66. The third kappa shape index (κ3) is 3.22. The molecule has 0 N–H and O–H groups in total. The largest absolute Gasteiger partial charge is 0.369 e. The minimum atomic E-state index is -0.00712. The smallest absolute Gasteiger partial charge is 0.275 e. The van der Waals surface area contributed by atoms with Gasteiger partial charge < -0.3 is 4.90 Å². The molecule has 4 rings (SSSR count). The molecule has 5 nitrogen and oxygen atoms in total. The summed E-state index contributed by atoms with van der Waals surface area (Å²) in [5.74, 6) is 0. The zero-order valence-corrected chi connectivity index (χ0v) is 15.4. The van der Waals surface area contributed by atoms with Gasteiger partial charge in [0.15, 0.2) is 0 Å². The number of benzene rings is 2. The number of rotatable bonds is 3. The Kier molecular flexibility index (Phi) is 4.47. The highest BCUT2D eigenvalue weighted by Crippen LogP contribution is 2.18. The highest BCUT2D eigenvalue weighted by atomic mass is 16.1. The normalized spacial score (nSPS) is 15.5. The molecule has 0 amide bonds. The van der Waals surface area contributed by atoms with E-state index in [2.05, 4.69) is 46.1 Å². The lowest BCUT2D eigenvalue weighted by atomic mass is 10.1. The minimum absolute atomic E-state index is 0.00712. The highest BCUT2D eigenvalue weighted by molar-refractivity contribution is 5.83. The van der Waals surface area contributed by atoms with Crippen molar-refractivity contribution in [2.45, 2.75) is 20.5 Å². The quantitative estimate of drug-likeness (QED) is 0.730. The van der Waals surface area contributed by atoms with Crippen LogP contribution in [-0.2, 0) is 6.67 Å². The molecule has 134 valence electrons. The molecule has 5 heteroatoms. The Bertz CT molecular complexity index is 987. The van der Waals surface area contributed by atoms with Crippen molar-refractivity contribution in [3.05, 3.63) is 70.1 Å². The lowest BCUT2D eigenvalue weighted by molar-refractivity contribution is 0.191. The van der Waals surface area contributed by atoms with Gasteiger partial charge in [-0.1, -0.05) is 30.3 Å². The first-order valence-corrected chi connectivity index (χ1v) is 9.12. The molecular weight excluding hydrogens is 324 g/mol. The number of aryl methyl sites for hydroxylation is 2. The van der Waals surface area contributed by atoms with E-state index in [0.717, 1.165) is 42.6 Å². The van der Waals surface area contributed by atoms with Crippen LogP contribution in [0.4, 0.5) is 5.69 Å². The van der Waals surface area contributed by atoms with E-state index in [4.69, 9.17) is 0 Å². The molecule has 3 aromatic rings. The maximum atomic E-state index is 12.7. The van der Waals surface area contributed by atoms with Crippen molar-refractivity contribution in [1.29, 1.82) is 0 Å². The SMILES string of the molecule is Cc1cccc(N2CCN(Cn3nc(C)c4ccccc4c3=O)CC2)c1. The number of fused-ring (bicyclic) bond motifs is 1. The number of hydrogen-bond donors (Lipinski definition) is 0. The lowest BCUT2D eigenvalue weighted by Crippen LogP contribution is -2.48. The predicted octanol–water partition coefficient (Wildman–Crippen LogP) is 2.79. The molecule has 2 aromatic carbocycles. The fourth-order valence-electron chi connectivity index (χ4n) is 3.66. The number of anilines is 1. The van der Waals surface area contributed by atoms with Gasteiger partial charge in [0.05, 0.1) is 17.7 Å². The van der Waals surface area contributed by atoms with Crippen LogP contribution in [0.3, 0.4) is 0 Å². The summed E-state index contributed by atoms with van der Waals surface area (Å²) in [7, 11) is 0. The second kappa shape index (κ2) is 6.92. The zero-order chi connectivity index (χ0) is 18.1. The number of hydrogen-bond acceptors (Lipinski definition) is 4. The summed E-state index contributed by atoms with van der Waals surface area (Å²) in [6.45, 7) is 8.41. The summed E-state index contributed by atoms with van der Waals surface area (Å²) < 4.78 is 1.61. The van der Waals surface area contributed by atoms with Crippen molar-refractivity contribution < 1.29 is 0 Å². The van der Waals surface area contributed by atoms with Crippen molar-refractivity contribution >= 4 is 16.5 Å². The second-order valence-electron chi connectivity index (χ2n) is 7.02. The topological polar surface area (TPSA) is 41.4 Å².